The third-order valence-electron chi connectivity index (χ3n) is 2.13. The number of nitriles is 1. The van der Waals surface area contributed by atoms with Crippen LogP contribution in [0.2, 0.25) is 0 Å². The van der Waals surface area contributed by atoms with Crippen LogP contribution >= 0.6 is 15.9 Å². The normalized spacial score (nSPS) is 9.89. The average Bonchev–Trinajstić information content (AvgIpc) is 2.33. The lowest BCUT2D eigenvalue weighted by Gasteiger charge is -2.06. The van der Waals surface area contributed by atoms with E-state index in [2.05, 4.69) is 15.9 Å². The van der Waals surface area contributed by atoms with Crippen LogP contribution in [0.5, 0.6) is 11.5 Å². The van der Waals surface area contributed by atoms with Gasteiger partial charge in [-0.25, -0.2) is 8.78 Å². The fourth-order valence-electron chi connectivity index (χ4n) is 1.36. The van der Waals surface area contributed by atoms with Gasteiger partial charge in [-0.3, -0.25) is 0 Å². The van der Waals surface area contributed by atoms with Crippen molar-refractivity contribution < 1.29 is 13.5 Å². The summed E-state index contributed by atoms with van der Waals surface area (Å²) in [7, 11) is 0. The van der Waals surface area contributed by atoms with Gasteiger partial charge < -0.3 is 4.74 Å². The highest BCUT2D eigenvalue weighted by molar-refractivity contribution is 9.10. The van der Waals surface area contributed by atoms with Gasteiger partial charge in [-0.05, 0) is 40.2 Å². The van der Waals surface area contributed by atoms with Crippen molar-refractivity contribution in [3.63, 3.8) is 0 Å². The van der Waals surface area contributed by atoms with E-state index in [1.54, 1.807) is 0 Å². The molecule has 0 unspecified atom stereocenters. The third-order valence-corrected chi connectivity index (χ3v) is 2.77. The predicted octanol–water partition coefficient (Wildman–Crippen LogP) is 4.39. The number of hydrogen-bond donors (Lipinski definition) is 0. The second kappa shape index (κ2) is 5.15. The maximum atomic E-state index is 13.3. The Hall–Kier alpha value is -1.93. The Bertz CT molecular complexity index is 637. The van der Waals surface area contributed by atoms with Gasteiger partial charge in [0, 0.05) is 12.1 Å². The molecule has 0 fully saturated rings. The van der Waals surface area contributed by atoms with Crippen LogP contribution in [0.1, 0.15) is 5.56 Å². The summed E-state index contributed by atoms with van der Waals surface area (Å²) in [6, 6.07) is 9.59. The summed E-state index contributed by atoms with van der Waals surface area (Å²) in [6.07, 6.45) is 0. The molecule has 18 heavy (non-hydrogen) atoms. The fraction of sp³-hybridized carbons (Fsp3) is 0. The molecule has 2 nitrogen and oxygen atoms in total. The molecule has 0 saturated carbocycles. The first-order valence-electron chi connectivity index (χ1n) is 4.92. The average molecular weight is 310 g/mol. The summed E-state index contributed by atoms with van der Waals surface area (Å²) >= 11 is 3.02. The molecule has 2 rings (SSSR count). The second-order valence-electron chi connectivity index (χ2n) is 3.47. The van der Waals surface area contributed by atoms with Crippen molar-refractivity contribution in [3.8, 4) is 17.6 Å². The molecule has 5 heteroatoms. The molecular weight excluding hydrogens is 304 g/mol. The van der Waals surface area contributed by atoms with E-state index in [0.29, 0.717) is 4.47 Å². The third kappa shape index (κ3) is 2.84. The smallest absolute Gasteiger partial charge is 0.141 e. The molecule has 0 spiro atoms. The first kappa shape index (κ1) is 12.5. The van der Waals surface area contributed by atoms with Crippen LogP contribution < -0.4 is 4.74 Å². The quantitative estimate of drug-likeness (QED) is 0.824. The lowest BCUT2D eigenvalue weighted by atomic mass is 10.2. The van der Waals surface area contributed by atoms with Gasteiger partial charge in [-0.2, -0.15) is 5.26 Å². The number of benzene rings is 2. The molecule has 0 atom stereocenters. The van der Waals surface area contributed by atoms with Crippen molar-refractivity contribution in [2.75, 3.05) is 0 Å². The van der Waals surface area contributed by atoms with E-state index in [0.717, 1.165) is 12.1 Å². The van der Waals surface area contributed by atoms with E-state index < -0.39 is 11.6 Å². The zero-order chi connectivity index (χ0) is 13.1. The Balaban J connectivity index is 2.31. The molecule has 0 amide bonds. The summed E-state index contributed by atoms with van der Waals surface area (Å²) in [6.45, 7) is 0. The van der Waals surface area contributed by atoms with Crippen LogP contribution in [0.3, 0.4) is 0 Å². The molecule has 2 aromatic rings. The van der Waals surface area contributed by atoms with Crippen LogP contribution in [-0.2, 0) is 0 Å². The lowest BCUT2D eigenvalue weighted by Crippen LogP contribution is -1.88. The van der Waals surface area contributed by atoms with E-state index in [-0.39, 0.29) is 17.1 Å². The minimum absolute atomic E-state index is 0.141. The maximum Gasteiger partial charge on any atom is 0.141 e. The molecule has 0 aromatic heterocycles. The molecule has 0 N–H and O–H groups in total. The van der Waals surface area contributed by atoms with E-state index in [1.165, 1.54) is 24.3 Å². The van der Waals surface area contributed by atoms with Gasteiger partial charge in [0.2, 0.25) is 0 Å². The minimum atomic E-state index is -0.582. The van der Waals surface area contributed by atoms with Crippen molar-refractivity contribution in [1.82, 2.24) is 0 Å². The SMILES string of the molecule is N#Cc1cc(F)cc(Oc2ccc(Br)c(F)c2)c1. The number of ether oxygens (including phenoxy) is 1. The maximum absolute atomic E-state index is 13.3. The summed E-state index contributed by atoms with van der Waals surface area (Å²) in [5.74, 6) is -0.690. The Morgan fingerprint density at radius 2 is 1.83 bits per heavy atom. The van der Waals surface area contributed by atoms with Crippen molar-refractivity contribution in [3.05, 3.63) is 58.1 Å². The van der Waals surface area contributed by atoms with Crippen LogP contribution in [-0.4, -0.2) is 0 Å². The Labute approximate surface area is 111 Å². The molecular formula is C13H6BrF2NO. The first-order chi connectivity index (χ1) is 8.58. The molecule has 0 bridgehead atoms. The standard InChI is InChI=1S/C13H6BrF2NO/c14-12-2-1-10(6-13(12)16)18-11-4-8(7-17)3-9(15)5-11/h1-6H. The highest BCUT2D eigenvalue weighted by Gasteiger charge is 2.05. The highest BCUT2D eigenvalue weighted by Crippen LogP contribution is 2.26. The van der Waals surface area contributed by atoms with Gasteiger partial charge in [-0.15, -0.1) is 0 Å². The number of halogens is 3. The first-order valence-corrected chi connectivity index (χ1v) is 5.71. The van der Waals surface area contributed by atoms with E-state index >= 15 is 0 Å². The molecule has 2 aromatic carbocycles. The number of rotatable bonds is 2. The van der Waals surface area contributed by atoms with Crippen LogP contribution in [0.25, 0.3) is 0 Å². The highest BCUT2D eigenvalue weighted by atomic mass is 79.9. The predicted molar refractivity (Wildman–Crippen MR) is 65.3 cm³/mol. The Morgan fingerprint density at radius 3 is 2.50 bits per heavy atom. The Kier molecular flexibility index (Phi) is 3.58. The van der Waals surface area contributed by atoms with E-state index in [4.69, 9.17) is 10.00 Å². The van der Waals surface area contributed by atoms with Gasteiger partial charge in [0.25, 0.3) is 0 Å². The molecule has 0 aliphatic carbocycles. The second-order valence-corrected chi connectivity index (χ2v) is 4.32. The van der Waals surface area contributed by atoms with Gasteiger partial charge in [0.05, 0.1) is 16.1 Å². The van der Waals surface area contributed by atoms with Crippen LogP contribution in [0.4, 0.5) is 8.78 Å². The molecule has 0 aliphatic heterocycles. The zero-order valence-corrected chi connectivity index (χ0v) is 10.5. The minimum Gasteiger partial charge on any atom is -0.457 e. The number of hydrogen-bond acceptors (Lipinski definition) is 2. The van der Waals surface area contributed by atoms with Crippen LogP contribution in [0, 0.1) is 23.0 Å². The lowest BCUT2D eigenvalue weighted by molar-refractivity contribution is 0.470. The van der Waals surface area contributed by atoms with Gasteiger partial charge in [0.15, 0.2) is 0 Å². The summed E-state index contributed by atoms with van der Waals surface area (Å²) in [5.41, 5.74) is 0.141. The topological polar surface area (TPSA) is 33.0 Å². The molecule has 0 aliphatic rings. The summed E-state index contributed by atoms with van der Waals surface area (Å²) < 4.78 is 32.0. The van der Waals surface area contributed by atoms with E-state index in [9.17, 15) is 8.78 Å². The molecule has 90 valence electrons. The van der Waals surface area contributed by atoms with Crippen molar-refractivity contribution in [2.24, 2.45) is 0 Å². The monoisotopic (exact) mass is 309 g/mol. The zero-order valence-electron chi connectivity index (χ0n) is 8.95. The fourth-order valence-corrected chi connectivity index (χ4v) is 1.61. The van der Waals surface area contributed by atoms with Gasteiger partial charge >= 0.3 is 0 Å². The molecule has 0 heterocycles. The summed E-state index contributed by atoms with van der Waals surface area (Å²) in [4.78, 5) is 0. The number of nitrogens with zero attached hydrogens (tertiary/aromatic N) is 1. The van der Waals surface area contributed by atoms with Gasteiger partial charge in [0.1, 0.15) is 23.1 Å². The van der Waals surface area contributed by atoms with E-state index in [1.807, 2.05) is 6.07 Å². The van der Waals surface area contributed by atoms with Crippen LogP contribution in [0.15, 0.2) is 40.9 Å². The molecule has 0 radical (unpaired) electrons. The largest absolute Gasteiger partial charge is 0.457 e. The van der Waals surface area contributed by atoms with Crippen molar-refractivity contribution in [2.45, 2.75) is 0 Å². The summed E-state index contributed by atoms with van der Waals surface area (Å²) in [5, 5.41) is 8.69. The van der Waals surface area contributed by atoms with Gasteiger partial charge in [-0.1, -0.05) is 0 Å². The van der Waals surface area contributed by atoms with Crippen molar-refractivity contribution >= 4 is 15.9 Å². The Morgan fingerprint density at radius 1 is 1.06 bits per heavy atom. The molecule has 0 saturated heterocycles. The van der Waals surface area contributed by atoms with Crippen molar-refractivity contribution in [1.29, 1.82) is 5.26 Å².